The van der Waals surface area contributed by atoms with Gasteiger partial charge in [0.1, 0.15) is 11.8 Å². The minimum atomic E-state index is -0.879. The van der Waals surface area contributed by atoms with E-state index in [9.17, 15) is 14.4 Å². The molecule has 2 amide bonds. The Morgan fingerprint density at radius 1 is 1.09 bits per heavy atom. The van der Waals surface area contributed by atoms with E-state index in [0.717, 1.165) is 5.56 Å². The Hall–Kier alpha value is -3.06. The van der Waals surface area contributed by atoms with E-state index in [-0.39, 0.29) is 11.8 Å². The van der Waals surface area contributed by atoms with Crippen LogP contribution in [0.3, 0.4) is 0 Å². The topological polar surface area (TPSA) is 84.9 Å². The number of methoxy groups -OCH3 is 1. The number of nitrogens with one attached hydrogen (secondary N) is 1. The van der Waals surface area contributed by atoms with Crippen molar-refractivity contribution in [2.45, 2.75) is 32.9 Å². The first kappa shape index (κ1) is 25.2. The Bertz CT molecular complexity index is 932. The number of amides is 2. The molecule has 0 spiro atoms. The molecule has 0 aromatic heterocycles. The van der Waals surface area contributed by atoms with Crippen LogP contribution in [0.5, 0.6) is 5.75 Å². The first-order chi connectivity index (χ1) is 15.3. The quantitative estimate of drug-likeness (QED) is 0.546. The molecule has 2 atom stereocenters. The number of hydrogen-bond acceptors (Lipinski definition) is 5. The van der Waals surface area contributed by atoms with Gasteiger partial charge in [-0.1, -0.05) is 50.1 Å². The molecule has 2 rings (SSSR count). The van der Waals surface area contributed by atoms with Crippen LogP contribution in [0.15, 0.2) is 48.5 Å². The predicted molar refractivity (Wildman–Crippen MR) is 123 cm³/mol. The van der Waals surface area contributed by atoms with Crippen molar-refractivity contribution in [1.29, 1.82) is 0 Å². The normalized spacial score (nSPS) is 12.4. The molecule has 0 heterocycles. The second-order valence-corrected chi connectivity index (χ2v) is 7.95. The molecule has 0 aliphatic carbocycles. The number of carbonyl (C=O) groups excluding carboxylic acids is 3. The Kier molecular flexibility index (Phi) is 9.53. The van der Waals surface area contributed by atoms with E-state index >= 15 is 0 Å². The fraction of sp³-hybridized carbons (Fsp3) is 0.375. The van der Waals surface area contributed by atoms with Crippen LogP contribution in [-0.4, -0.2) is 49.5 Å². The SMILES string of the molecule is CC[C@H](C)[C@H](NC(=O)c1ccc(Cl)cc1)C(=O)OCC(=O)N(C)Cc1ccccc1OC. The maximum Gasteiger partial charge on any atom is 0.329 e. The van der Waals surface area contributed by atoms with Gasteiger partial charge in [0.2, 0.25) is 0 Å². The second kappa shape index (κ2) is 12.1. The van der Waals surface area contributed by atoms with E-state index in [2.05, 4.69) is 5.32 Å². The lowest BCUT2D eigenvalue weighted by Crippen LogP contribution is -2.46. The maximum absolute atomic E-state index is 12.7. The molecule has 2 aromatic carbocycles. The monoisotopic (exact) mass is 460 g/mol. The van der Waals surface area contributed by atoms with Gasteiger partial charge >= 0.3 is 5.97 Å². The van der Waals surface area contributed by atoms with E-state index < -0.39 is 24.5 Å². The Morgan fingerprint density at radius 2 is 1.75 bits per heavy atom. The predicted octanol–water partition coefficient (Wildman–Crippen LogP) is 3.69. The van der Waals surface area contributed by atoms with Gasteiger partial charge < -0.3 is 19.7 Å². The first-order valence-corrected chi connectivity index (χ1v) is 10.7. The van der Waals surface area contributed by atoms with Crippen molar-refractivity contribution in [2.24, 2.45) is 5.92 Å². The summed E-state index contributed by atoms with van der Waals surface area (Å²) in [5.74, 6) is -0.938. The summed E-state index contributed by atoms with van der Waals surface area (Å²) >= 11 is 5.86. The van der Waals surface area contributed by atoms with Crippen molar-refractivity contribution in [3.63, 3.8) is 0 Å². The van der Waals surface area contributed by atoms with Crippen LogP contribution in [0.2, 0.25) is 5.02 Å². The van der Waals surface area contributed by atoms with E-state index in [1.54, 1.807) is 38.4 Å². The van der Waals surface area contributed by atoms with Crippen molar-refractivity contribution in [3.05, 3.63) is 64.7 Å². The van der Waals surface area contributed by atoms with Crippen molar-refractivity contribution < 1.29 is 23.9 Å². The molecule has 7 nitrogen and oxygen atoms in total. The van der Waals surface area contributed by atoms with Crippen molar-refractivity contribution in [1.82, 2.24) is 10.2 Å². The van der Waals surface area contributed by atoms with Gasteiger partial charge in [0.05, 0.1) is 7.11 Å². The van der Waals surface area contributed by atoms with Crippen LogP contribution >= 0.6 is 11.6 Å². The lowest BCUT2D eigenvalue weighted by molar-refractivity contribution is -0.154. The fourth-order valence-corrected chi connectivity index (χ4v) is 3.13. The molecule has 0 fully saturated rings. The third kappa shape index (κ3) is 6.99. The van der Waals surface area contributed by atoms with Crippen LogP contribution in [0, 0.1) is 5.92 Å². The van der Waals surface area contributed by atoms with Crippen molar-refractivity contribution in [3.8, 4) is 5.75 Å². The number of likely N-dealkylation sites (N-methyl/N-ethyl adjacent to an activating group) is 1. The van der Waals surface area contributed by atoms with E-state index in [1.807, 2.05) is 38.1 Å². The van der Waals surface area contributed by atoms with E-state index in [4.69, 9.17) is 21.1 Å². The summed E-state index contributed by atoms with van der Waals surface area (Å²) in [7, 11) is 3.19. The average Bonchev–Trinajstić information content (AvgIpc) is 2.80. The van der Waals surface area contributed by atoms with Gasteiger partial charge in [-0.3, -0.25) is 9.59 Å². The molecular formula is C24H29ClN2O5. The molecule has 1 N–H and O–H groups in total. The maximum atomic E-state index is 12.7. The van der Waals surface area contributed by atoms with Gasteiger partial charge in [0.25, 0.3) is 11.8 Å². The number of halogens is 1. The molecule has 0 bridgehead atoms. The molecule has 172 valence electrons. The summed E-state index contributed by atoms with van der Waals surface area (Å²) in [4.78, 5) is 39.2. The highest BCUT2D eigenvalue weighted by atomic mass is 35.5. The van der Waals surface area contributed by atoms with Gasteiger partial charge in [-0.25, -0.2) is 4.79 Å². The number of carbonyl (C=O) groups is 3. The number of benzene rings is 2. The number of rotatable bonds is 10. The Balaban J connectivity index is 1.97. The van der Waals surface area contributed by atoms with Crippen LogP contribution in [0.1, 0.15) is 36.2 Å². The highest BCUT2D eigenvalue weighted by Gasteiger charge is 2.28. The van der Waals surface area contributed by atoms with E-state index in [0.29, 0.717) is 29.3 Å². The zero-order valence-electron chi connectivity index (χ0n) is 18.8. The lowest BCUT2D eigenvalue weighted by Gasteiger charge is -2.24. The molecule has 0 saturated carbocycles. The summed E-state index contributed by atoms with van der Waals surface area (Å²) in [6.07, 6.45) is 0.641. The van der Waals surface area contributed by atoms with Crippen LogP contribution in [0.4, 0.5) is 0 Å². The standard InChI is InChI=1S/C24H29ClN2O5/c1-5-16(2)22(26-23(29)17-10-12-19(25)13-11-17)24(30)32-15-21(28)27(3)14-18-8-6-7-9-20(18)31-4/h6-13,16,22H,5,14-15H2,1-4H3,(H,26,29)/t16-,22-/m0/s1. The fourth-order valence-electron chi connectivity index (χ4n) is 3.01. The molecule has 0 unspecified atom stereocenters. The minimum absolute atomic E-state index is 0.180. The summed E-state index contributed by atoms with van der Waals surface area (Å²) in [5.41, 5.74) is 1.22. The molecule has 0 aliphatic heterocycles. The summed E-state index contributed by atoms with van der Waals surface area (Å²) in [5, 5.41) is 3.22. The third-order valence-electron chi connectivity index (χ3n) is 5.22. The van der Waals surface area contributed by atoms with Gasteiger partial charge in [-0.2, -0.15) is 0 Å². The zero-order valence-corrected chi connectivity index (χ0v) is 19.5. The smallest absolute Gasteiger partial charge is 0.329 e. The molecule has 0 aliphatic rings. The largest absolute Gasteiger partial charge is 0.496 e. The summed E-state index contributed by atoms with van der Waals surface area (Å²) in [6.45, 7) is 3.63. The summed E-state index contributed by atoms with van der Waals surface area (Å²) < 4.78 is 10.6. The van der Waals surface area contributed by atoms with Gasteiger partial charge in [-0.15, -0.1) is 0 Å². The van der Waals surface area contributed by atoms with Gasteiger partial charge in [0.15, 0.2) is 6.61 Å². The second-order valence-electron chi connectivity index (χ2n) is 7.51. The molecular weight excluding hydrogens is 432 g/mol. The number of ether oxygens (including phenoxy) is 2. The Morgan fingerprint density at radius 3 is 2.38 bits per heavy atom. The van der Waals surface area contributed by atoms with Crippen LogP contribution in [-0.2, 0) is 20.9 Å². The van der Waals surface area contributed by atoms with Crippen molar-refractivity contribution >= 4 is 29.4 Å². The molecule has 8 heteroatoms. The average molecular weight is 461 g/mol. The number of para-hydroxylation sites is 1. The van der Waals surface area contributed by atoms with E-state index in [1.165, 1.54) is 4.90 Å². The highest BCUT2D eigenvalue weighted by Crippen LogP contribution is 2.19. The molecule has 0 radical (unpaired) electrons. The number of esters is 1. The van der Waals surface area contributed by atoms with Crippen LogP contribution in [0.25, 0.3) is 0 Å². The molecule has 2 aromatic rings. The third-order valence-corrected chi connectivity index (χ3v) is 5.48. The van der Waals surface area contributed by atoms with Gasteiger partial charge in [-0.05, 0) is 36.2 Å². The van der Waals surface area contributed by atoms with Crippen LogP contribution < -0.4 is 10.1 Å². The molecule has 0 saturated heterocycles. The first-order valence-electron chi connectivity index (χ1n) is 10.4. The number of hydrogen-bond donors (Lipinski definition) is 1. The highest BCUT2D eigenvalue weighted by molar-refractivity contribution is 6.30. The van der Waals surface area contributed by atoms with Gasteiger partial charge in [0, 0.05) is 29.7 Å². The minimum Gasteiger partial charge on any atom is -0.496 e. The number of nitrogens with zero attached hydrogens (tertiary/aromatic N) is 1. The zero-order chi connectivity index (χ0) is 23.7. The lowest BCUT2D eigenvalue weighted by atomic mass is 9.99. The summed E-state index contributed by atoms with van der Waals surface area (Å²) in [6, 6.07) is 12.9. The van der Waals surface area contributed by atoms with Crippen molar-refractivity contribution in [2.75, 3.05) is 20.8 Å². The molecule has 32 heavy (non-hydrogen) atoms. The Labute approximate surface area is 193 Å².